The van der Waals surface area contributed by atoms with Gasteiger partial charge < -0.3 is 5.73 Å². The van der Waals surface area contributed by atoms with E-state index in [9.17, 15) is 17.6 Å². The van der Waals surface area contributed by atoms with Crippen LogP contribution in [-0.4, -0.2) is 0 Å². The van der Waals surface area contributed by atoms with Crippen LogP contribution in [0.1, 0.15) is 22.7 Å². The molecule has 0 aromatic heterocycles. The van der Waals surface area contributed by atoms with Gasteiger partial charge in [-0.25, -0.2) is 4.39 Å². The first kappa shape index (κ1) is 15.8. The number of halogens is 5. The third-order valence-corrected chi connectivity index (χ3v) is 3.48. The van der Waals surface area contributed by atoms with Crippen molar-refractivity contribution in [2.45, 2.75) is 18.6 Å². The summed E-state index contributed by atoms with van der Waals surface area (Å²) in [6, 6.07) is 7.95. The van der Waals surface area contributed by atoms with Crippen molar-refractivity contribution in [3.8, 4) is 0 Å². The zero-order valence-corrected chi connectivity index (χ0v) is 11.5. The maximum atomic E-state index is 13.2. The highest BCUT2D eigenvalue weighted by Gasteiger charge is 2.30. The number of hydrogen-bond acceptors (Lipinski definition) is 1. The first-order valence-corrected chi connectivity index (χ1v) is 6.52. The van der Waals surface area contributed by atoms with Crippen molar-refractivity contribution in [3.63, 3.8) is 0 Å². The summed E-state index contributed by atoms with van der Waals surface area (Å²) in [6.45, 7) is 0. The van der Waals surface area contributed by atoms with E-state index in [1.165, 1.54) is 30.3 Å². The van der Waals surface area contributed by atoms with Crippen molar-refractivity contribution < 1.29 is 17.6 Å². The lowest BCUT2D eigenvalue weighted by molar-refractivity contribution is -0.137. The van der Waals surface area contributed by atoms with Gasteiger partial charge in [-0.2, -0.15) is 13.2 Å². The van der Waals surface area contributed by atoms with E-state index in [0.717, 1.165) is 12.1 Å². The zero-order chi connectivity index (χ0) is 15.6. The third kappa shape index (κ3) is 3.95. The monoisotopic (exact) mass is 317 g/mol. The second kappa shape index (κ2) is 6.03. The van der Waals surface area contributed by atoms with Gasteiger partial charge in [-0.3, -0.25) is 0 Å². The molecule has 1 atom stereocenters. The molecule has 0 fully saturated rings. The highest BCUT2D eigenvalue weighted by atomic mass is 35.5. The largest absolute Gasteiger partial charge is 0.416 e. The van der Waals surface area contributed by atoms with Gasteiger partial charge >= 0.3 is 6.18 Å². The standard InChI is InChI=1S/C15H12ClF4N/c16-13-6-5-12(17)7-10(13)8-14(21)9-1-3-11(4-2-9)15(18,19)20/h1-7,14H,8,21H2. The number of hydrogen-bond donors (Lipinski definition) is 1. The smallest absolute Gasteiger partial charge is 0.324 e. The molecule has 0 aliphatic carbocycles. The summed E-state index contributed by atoms with van der Waals surface area (Å²) in [5, 5.41) is 0.374. The van der Waals surface area contributed by atoms with Gasteiger partial charge in [0.15, 0.2) is 0 Å². The van der Waals surface area contributed by atoms with Gasteiger partial charge in [-0.1, -0.05) is 23.7 Å². The van der Waals surface area contributed by atoms with E-state index in [1.807, 2.05) is 0 Å². The highest BCUT2D eigenvalue weighted by Crippen LogP contribution is 2.30. The van der Waals surface area contributed by atoms with Crippen LogP contribution in [-0.2, 0) is 12.6 Å². The van der Waals surface area contributed by atoms with Crippen molar-refractivity contribution in [2.24, 2.45) is 5.73 Å². The average molecular weight is 318 g/mol. The molecule has 0 amide bonds. The van der Waals surface area contributed by atoms with Gasteiger partial charge in [0.2, 0.25) is 0 Å². The fourth-order valence-corrected chi connectivity index (χ4v) is 2.17. The Kier molecular flexibility index (Phi) is 4.54. The van der Waals surface area contributed by atoms with Gasteiger partial charge in [0, 0.05) is 11.1 Å². The van der Waals surface area contributed by atoms with E-state index in [0.29, 0.717) is 16.1 Å². The summed E-state index contributed by atoms with van der Waals surface area (Å²) in [7, 11) is 0. The van der Waals surface area contributed by atoms with Gasteiger partial charge in [0.05, 0.1) is 5.56 Å². The molecule has 2 N–H and O–H groups in total. The molecule has 21 heavy (non-hydrogen) atoms. The summed E-state index contributed by atoms with van der Waals surface area (Å²) in [4.78, 5) is 0. The summed E-state index contributed by atoms with van der Waals surface area (Å²) in [5.41, 5.74) is 6.26. The van der Waals surface area contributed by atoms with Crippen LogP contribution in [0.15, 0.2) is 42.5 Å². The number of rotatable bonds is 3. The molecule has 6 heteroatoms. The first-order valence-electron chi connectivity index (χ1n) is 6.14. The van der Waals surface area contributed by atoms with Crippen LogP contribution >= 0.6 is 11.6 Å². The lowest BCUT2D eigenvalue weighted by atomic mass is 9.98. The second-order valence-corrected chi connectivity index (χ2v) is 5.07. The quantitative estimate of drug-likeness (QED) is 0.813. The van der Waals surface area contributed by atoms with Gasteiger partial charge in [-0.05, 0) is 47.9 Å². The molecule has 112 valence electrons. The van der Waals surface area contributed by atoms with Gasteiger partial charge in [0.25, 0.3) is 0 Å². The van der Waals surface area contributed by atoms with Gasteiger partial charge in [0.1, 0.15) is 5.82 Å². The van der Waals surface area contributed by atoms with Crippen molar-refractivity contribution in [3.05, 3.63) is 70.0 Å². The lowest BCUT2D eigenvalue weighted by Gasteiger charge is -2.14. The van der Waals surface area contributed by atoms with E-state index < -0.39 is 23.6 Å². The number of nitrogens with two attached hydrogens (primary N) is 1. The maximum Gasteiger partial charge on any atom is 0.416 e. The van der Waals surface area contributed by atoms with Crippen LogP contribution in [0.3, 0.4) is 0 Å². The van der Waals surface area contributed by atoms with E-state index in [2.05, 4.69) is 0 Å². The van der Waals surface area contributed by atoms with E-state index in [4.69, 9.17) is 17.3 Å². The molecule has 0 radical (unpaired) electrons. The van der Waals surface area contributed by atoms with Crippen LogP contribution in [0.4, 0.5) is 17.6 Å². The topological polar surface area (TPSA) is 26.0 Å². The van der Waals surface area contributed by atoms with Gasteiger partial charge in [-0.15, -0.1) is 0 Å². The van der Waals surface area contributed by atoms with Crippen LogP contribution in [0.5, 0.6) is 0 Å². The predicted molar refractivity (Wildman–Crippen MR) is 73.5 cm³/mol. The molecule has 2 rings (SSSR count). The Morgan fingerprint density at radius 1 is 1.05 bits per heavy atom. The fourth-order valence-electron chi connectivity index (χ4n) is 1.97. The minimum atomic E-state index is -4.38. The SMILES string of the molecule is NC(Cc1cc(F)ccc1Cl)c1ccc(C(F)(F)F)cc1. The Morgan fingerprint density at radius 2 is 1.67 bits per heavy atom. The Bertz CT molecular complexity index is 623. The van der Waals surface area contributed by atoms with Crippen LogP contribution in [0.25, 0.3) is 0 Å². The number of benzene rings is 2. The molecular formula is C15H12ClF4N. The molecule has 0 aliphatic rings. The highest BCUT2D eigenvalue weighted by molar-refractivity contribution is 6.31. The molecule has 2 aromatic rings. The lowest BCUT2D eigenvalue weighted by Crippen LogP contribution is -2.14. The molecule has 1 unspecified atom stereocenters. The third-order valence-electron chi connectivity index (χ3n) is 3.11. The fraction of sp³-hybridized carbons (Fsp3) is 0.200. The number of alkyl halides is 3. The van der Waals surface area contributed by atoms with Crippen molar-refractivity contribution in [2.75, 3.05) is 0 Å². The Balaban J connectivity index is 2.17. The van der Waals surface area contributed by atoms with E-state index in [-0.39, 0.29) is 6.42 Å². The Labute approximate surface area is 124 Å². The minimum Gasteiger partial charge on any atom is -0.324 e. The molecule has 0 heterocycles. The molecule has 0 bridgehead atoms. The normalized spacial score (nSPS) is 13.2. The van der Waals surface area contributed by atoms with Crippen molar-refractivity contribution in [1.82, 2.24) is 0 Å². The molecule has 2 aromatic carbocycles. The molecule has 1 nitrogen and oxygen atoms in total. The molecule has 0 spiro atoms. The minimum absolute atomic E-state index is 0.238. The average Bonchev–Trinajstić information content (AvgIpc) is 2.42. The Hall–Kier alpha value is -1.59. The van der Waals surface area contributed by atoms with Crippen molar-refractivity contribution >= 4 is 11.6 Å². The predicted octanol–water partition coefficient (Wildman–Crippen LogP) is 4.74. The first-order chi connectivity index (χ1) is 9.77. The maximum absolute atomic E-state index is 13.2. The van der Waals surface area contributed by atoms with Crippen LogP contribution in [0, 0.1) is 5.82 Å². The molecule has 0 aliphatic heterocycles. The Morgan fingerprint density at radius 3 is 2.24 bits per heavy atom. The summed E-state index contributed by atoms with van der Waals surface area (Å²) >= 11 is 5.94. The van der Waals surface area contributed by atoms with E-state index in [1.54, 1.807) is 0 Å². The summed E-state index contributed by atoms with van der Waals surface area (Å²) < 4.78 is 50.6. The summed E-state index contributed by atoms with van der Waals surface area (Å²) in [5.74, 6) is -0.436. The molecule has 0 saturated carbocycles. The van der Waals surface area contributed by atoms with Crippen molar-refractivity contribution in [1.29, 1.82) is 0 Å². The van der Waals surface area contributed by atoms with E-state index >= 15 is 0 Å². The molecular weight excluding hydrogens is 306 g/mol. The second-order valence-electron chi connectivity index (χ2n) is 4.67. The molecule has 0 saturated heterocycles. The zero-order valence-electron chi connectivity index (χ0n) is 10.8. The summed E-state index contributed by atoms with van der Waals surface area (Å²) in [6.07, 6.45) is -4.14. The van der Waals surface area contributed by atoms with Crippen LogP contribution in [0.2, 0.25) is 5.02 Å². The van der Waals surface area contributed by atoms with Crippen LogP contribution < -0.4 is 5.73 Å².